The Morgan fingerprint density at radius 3 is 2.83 bits per heavy atom. The van der Waals surface area contributed by atoms with Gasteiger partial charge < -0.3 is 19.1 Å². The van der Waals surface area contributed by atoms with Crippen molar-refractivity contribution in [2.75, 3.05) is 20.7 Å². The first-order chi connectivity index (χ1) is 11.4. The van der Waals surface area contributed by atoms with Crippen molar-refractivity contribution in [2.24, 2.45) is 0 Å². The molecule has 1 aromatic heterocycles. The summed E-state index contributed by atoms with van der Waals surface area (Å²) < 4.78 is 10.6. The van der Waals surface area contributed by atoms with Crippen LogP contribution in [0.5, 0.6) is 0 Å². The lowest BCUT2D eigenvalue weighted by Crippen LogP contribution is -2.51. The van der Waals surface area contributed by atoms with E-state index >= 15 is 0 Å². The van der Waals surface area contributed by atoms with Crippen molar-refractivity contribution in [2.45, 2.75) is 58.2 Å². The Hall–Kier alpha value is -1.89. The first-order valence-corrected chi connectivity index (χ1v) is 8.38. The largest absolute Gasteiger partial charge is 0.379 e. The van der Waals surface area contributed by atoms with Gasteiger partial charge in [0, 0.05) is 40.1 Å². The van der Waals surface area contributed by atoms with Crippen LogP contribution >= 0.6 is 0 Å². The van der Waals surface area contributed by atoms with Gasteiger partial charge in [0.05, 0.1) is 18.7 Å². The lowest BCUT2D eigenvalue weighted by molar-refractivity contribution is -0.139. The molecule has 2 rings (SSSR count). The average molecular weight is 337 g/mol. The van der Waals surface area contributed by atoms with Gasteiger partial charge in [0.15, 0.2) is 0 Å². The predicted octanol–water partition coefficient (Wildman–Crippen LogP) is 1.75. The Morgan fingerprint density at radius 1 is 1.50 bits per heavy atom. The molecule has 0 saturated carbocycles. The molecule has 1 fully saturated rings. The van der Waals surface area contributed by atoms with Crippen LogP contribution in [-0.4, -0.2) is 59.6 Å². The van der Waals surface area contributed by atoms with Crippen LogP contribution in [0.25, 0.3) is 0 Å². The number of carbonyl (C=O) groups excluding carboxylic acids is 2. The molecule has 0 N–H and O–H groups in total. The second-order valence-corrected chi connectivity index (χ2v) is 6.41. The highest BCUT2D eigenvalue weighted by Gasteiger charge is 2.33. The minimum Gasteiger partial charge on any atom is -0.379 e. The molecular weight excluding hydrogens is 310 g/mol. The standard InChI is InChI=1S/C17H27N3O4/c1-12-10-14(18-24-12)11-19(3)17(22)8-7-15-16(23-4)6-5-9-20(15)13(2)21/h10,15-16H,5-9,11H2,1-4H3/t15-,16-/m0/s1. The molecule has 0 aliphatic carbocycles. The smallest absolute Gasteiger partial charge is 0.222 e. The Balaban J connectivity index is 1.91. The number of aromatic nitrogens is 1. The Labute approximate surface area is 142 Å². The van der Waals surface area contributed by atoms with Crippen LogP contribution in [0.3, 0.4) is 0 Å². The molecule has 2 atom stereocenters. The molecule has 134 valence electrons. The number of hydrogen-bond donors (Lipinski definition) is 0. The van der Waals surface area contributed by atoms with Gasteiger partial charge in [0.2, 0.25) is 11.8 Å². The van der Waals surface area contributed by atoms with Crippen LogP contribution in [0, 0.1) is 6.92 Å². The Morgan fingerprint density at radius 2 is 2.25 bits per heavy atom. The maximum absolute atomic E-state index is 12.4. The number of likely N-dealkylation sites (tertiary alicyclic amines) is 1. The van der Waals surface area contributed by atoms with Gasteiger partial charge in [-0.25, -0.2) is 0 Å². The second kappa shape index (κ2) is 8.28. The van der Waals surface area contributed by atoms with Crippen molar-refractivity contribution in [3.8, 4) is 0 Å². The highest BCUT2D eigenvalue weighted by Crippen LogP contribution is 2.24. The predicted molar refractivity (Wildman–Crippen MR) is 88.2 cm³/mol. The minimum atomic E-state index is -0.0344. The molecule has 0 radical (unpaired) electrons. The normalized spacial score (nSPS) is 20.9. The quantitative estimate of drug-likeness (QED) is 0.790. The van der Waals surface area contributed by atoms with E-state index in [2.05, 4.69) is 5.16 Å². The van der Waals surface area contributed by atoms with Gasteiger partial charge in [-0.3, -0.25) is 9.59 Å². The van der Waals surface area contributed by atoms with Gasteiger partial charge in [-0.15, -0.1) is 0 Å². The van der Waals surface area contributed by atoms with Gasteiger partial charge in [0.25, 0.3) is 0 Å². The van der Waals surface area contributed by atoms with Crippen molar-refractivity contribution >= 4 is 11.8 Å². The van der Waals surface area contributed by atoms with Crippen LogP contribution in [0.4, 0.5) is 0 Å². The first kappa shape index (κ1) is 18.4. The summed E-state index contributed by atoms with van der Waals surface area (Å²) in [6, 6.07) is 1.79. The molecule has 0 spiro atoms. The Kier molecular flexibility index (Phi) is 6.36. The van der Waals surface area contributed by atoms with Gasteiger partial charge >= 0.3 is 0 Å². The minimum absolute atomic E-state index is 0.000976. The number of piperidine rings is 1. The van der Waals surface area contributed by atoms with E-state index < -0.39 is 0 Å². The number of amides is 2. The summed E-state index contributed by atoms with van der Waals surface area (Å²) in [5.74, 6) is 0.799. The number of rotatable bonds is 6. The van der Waals surface area contributed by atoms with Crippen LogP contribution in [0.2, 0.25) is 0 Å². The first-order valence-electron chi connectivity index (χ1n) is 8.38. The topological polar surface area (TPSA) is 75.9 Å². The number of methoxy groups -OCH3 is 1. The summed E-state index contributed by atoms with van der Waals surface area (Å²) in [4.78, 5) is 27.7. The summed E-state index contributed by atoms with van der Waals surface area (Å²) in [6.07, 6.45) is 2.85. The fourth-order valence-electron chi connectivity index (χ4n) is 3.32. The van der Waals surface area contributed by atoms with Gasteiger partial charge in [-0.05, 0) is 26.2 Å². The van der Waals surface area contributed by atoms with Crippen molar-refractivity contribution in [1.29, 1.82) is 0 Å². The second-order valence-electron chi connectivity index (χ2n) is 6.41. The van der Waals surface area contributed by atoms with Crippen LogP contribution in [0.1, 0.15) is 44.1 Å². The summed E-state index contributed by atoms with van der Waals surface area (Å²) in [5.41, 5.74) is 0.737. The molecule has 2 amide bonds. The van der Waals surface area contributed by atoms with E-state index in [9.17, 15) is 9.59 Å². The van der Waals surface area contributed by atoms with Gasteiger partial charge in [-0.2, -0.15) is 0 Å². The summed E-state index contributed by atoms with van der Waals surface area (Å²) in [5, 5.41) is 3.91. The zero-order valence-corrected chi connectivity index (χ0v) is 14.9. The molecule has 0 aromatic carbocycles. The third kappa shape index (κ3) is 4.56. The third-order valence-corrected chi connectivity index (χ3v) is 4.58. The van der Waals surface area contributed by atoms with E-state index in [0.29, 0.717) is 19.4 Å². The Bertz CT molecular complexity index is 572. The number of aryl methyl sites for hydroxylation is 1. The highest BCUT2D eigenvalue weighted by atomic mass is 16.5. The van der Waals surface area contributed by atoms with E-state index in [1.165, 1.54) is 0 Å². The maximum Gasteiger partial charge on any atom is 0.222 e. The number of nitrogens with zero attached hydrogens (tertiary/aromatic N) is 3. The van der Waals surface area contributed by atoms with Crippen molar-refractivity contribution in [3.63, 3.8) is 0 Å². The summed E-state index contributed by atoms with van der Waals surface area (Å²) >= 11 is 0. The molecule has 0 bridgehead atoms. The van der Waals surface area contributed by atoms with E-state index in [1.807, 2.05) is 17.9 Å². The van der Waals surface area contributed by atoms with E-state index in [0.717, 1.165) is 30.8 Å². The molecule has 24 heavy (non-hydrogen) atoms. The van der Waals surface area contributed by atoms with E-state index in [4.69, 9.17) is 9.26 Å². The zero-order chi connectivity index (χ0) is 17.7. The van der Waals surface area contributed by atoms with Crippen molar-refractivity contribution in [3.05, 3.63) is 17.5 Å². The monoisotopic (exact) mass is 337 g/mol. The molecular formula is C17H27N3O4. The van der Waals surface area contributed by atoms with E-state index in [-0.39, 0.29) is 24.0 Å². The van der Waals surface area contributed by atoms with Gasteiger partial charge in [0.1, 0.15) is 11.5 Å². The molecule has 2 heterocycles. The number of hydrogen-bond acceptors (Lipinski definition) is 5. The highest BCUT2D eigenvalue weighted by molar-refractivity contribution is 5.76. The molecule has 1 aromatic rings. The molecule has 0 unspecified atom stereocenters. The van der Waals surface area contributed by atoms with Crippen molar-refractivity contribution in [1.82, 2.24) is 15.0 Å². The van der Waals surface area contributed by atoms with Crippen LogP contribution in [0.15, 0.2) is 10.6 Å². The lowest BCUT2D eigenvalue weighted by atomic mass is 9.94. The molecule has 1 saturated heterocycles. The van der Waals surface area contributed by atoms with Crippen LogP contribution < -0.4 is 0 Å². The maximum atomic E-state index is 12.4. The summed E-state index contributed by atoms with van der Waals surface area (Å²) in [6.45, 7) is 4.56. The molecule has 7 nitrogen and oxygen atoms in total. The number of ether oxygens (including phenoxy) is 1. The van der Waals surface area contributed by atoms with Gasteiger partial charge in [-0.1, -0.05) is 5.16 Å². The average Bonchev–Trinajstić information content (AvgIpc) is 2.96. The van der Waals surface area contributed by atoms with Crippen LogP contribution in [-0.2, 0) is 20.9 Å². The number of carbonyl (C=O) groups is 2. The lowest BCUT2D eigenvalue weighted by Gasteiger charge is -2.40. The summed E-state index contributed by atoms with van der Waals surface area (Å²) in [7, 11) is 3.42. The third-order valence-electron chi connectivity index (χ3n) is 4.58. The molecule has 1 aliphatic rings. The molecule has 1 aliphatic heterocycles. The SMILES string of the molecule is CO[C@H]1CCCN(C(C)=O)[C@H]1CCC(=O)N(C)Cc1cc(C)on1. The van der Waals surface area contributed by atoms with E-state index in [1.54, 1.807) is 26.0 Å². The zero-order valence-electron chi connectivity index (χ0n) is 14.9. The van der Waals surface area contributed by atoms with Crippen molar-refractivity contribution < 1.29 is 18.8 Å². The molecule has 7 heteroatoms. The fourth-order valence-corrected chi connectivity index (χ4v) is 3.32. The fraction of sp³-hybridized carbons (Fsp3) is 0.706.